The Morgan fingerprint density at radius 2 is 2.06 bits per heavy atom. The van der Waals surface area contributed by atoms with E-state index in [0.717, 1.165) is 0 Å². The minimum absolute atomic E-state index is 0.0899. The number of hydrogen-bond donors (Lipinski definition) is 1. The van der Waals surface area contributed by atoms with Gasteiger partial charge in [-0.05, 0) is 30.3 Å². The van der Waals surface area contributed by atoms with Crippen LogP contribution in [0.3, 0.4) is 0 Å². The minimum atomic E-state index is -0.0899. The normalized spacial score (nSPS) is 11.0. The van der Waals surface area contributed by atoms with Gasteiger partial charge in [0.05, 0.1) is 10.9 Å². The first-order chi connectivity index (χ1) is 7.75. The second kappa shape index (κ2) is 3.06. The predicted molar refractivity (Wildman–Crippen MR) is 63.4 cm³/mol. The number of nitrogen functional groups attached to an aromatic ring is 1. The number of hydrogen-bond acceptors (Lipinski definition) is 3. The third kappa shape index (κ3) is 1.16. The molecule has 2 N–H and O–H groups in total. The summed E-state index contributed by atoms with van der Waals surface area (Å²) in [6.07, 6.45) is 1.70. The largest absolute Gasteiger partial charge is 0.399 e. The Morgan fingerprint density at radius 1 is 1.19 bits per heavy atom. The molecule has 0 saturated carbocycles. The molecule has 0 aliphatic carbocycles. The summed E-state index contributed by atoms with van der Waals surface area (Å²) in [4.78, 5) is 16.5. The topological polar surface area (TPSA) is 60.4 Å². The third-order valence-electron chi connectivity index (χ3n) is 2.54. The third-order valence-corrected chi connectivity index (χ3v) is 2.54. The molecule has 4 nitrogen and oxygen atoms in total. The molecule has 4 heteroatoms. The van der Waals surface area contributed by atoms with Crippen molar-refractivity contribution in [2.24, 2.45) is 0 Å². The number of nitrogens with two attached hydrogens (primary N) is 1. The van der Waals surface area contributed by atoms with E-state index in [2.05, 4.69) is 4.98 Å². The van der Waals surface area contributed by atoms with Gasteiger partial charge in [0, 0.05) is 11.9 Å². The van der Waals surface area contributed by atoms with E-state index in [4.69, 9.17) is 5.73 Å². The van der Waals surface area contributed by atoms with E-state index in [0.29, 0.717) is 22.2 Å². The number of benzene rings is 1. The molecule has 0 saturated heterocycles. The molecular weight excluding hydrogens is 202 g/mol. The van der Waals surface area contributed by atoms with E-state index in [1.165, 1.54) is 4.40 Å². The summed E-state index contributed by atoms with van der Waals surface area (Å²) in [5.74, 6) is 0. The van der Waals surface area contributed by atoms with Crippen molar-refractivity contribution in [1.82, 2.24) is 9.38 Å². The van der Waals surface area contributed by atoms with Crippen LogP contribution in [0.15, 0.2) is 47.4 Å². The highest BCUT2D eigenvalue weighted by atomic mass is 16.1. The van der Waals surface area contributed by atoms with E-state index in [9.17, 15) is 4.79 Å². The maximum atomic E-state index is 12.1. The lowest BCUT2D eigenvalue weighted by atomic mass is 10.2. The van der Waals surface area contributed by atoms with E-state index < -0.39 is 0 Å². The van der Waals surface area contributed by atoms with Crippen LogP contribution in [0.4, 0.5) is 5.69 Å². The Labute approximate surface area is 91.0 Å². The molecule has 16 heavy (non-hydrogen) atoms. The summed E-state index contributed by atoms with van der Waals surface area (Å²) in [6.45, 7) is 0. The van der Waals surface area contributed by atoms with Gasteiger partial charge in [0.2, 0.25) is 0 Å². The Bertz CT molecular complexity index is 746. The molecule has 0 spiro atoms. The number of fused-ring (bicyclic) bond motifs is 2. The summed E-state index contributed by atoms with van der Waals surface area (Å²) in [6, 6.07) is 10.6. The van der Waals surface area contributed by atoms with Crippen molar-refractivity contribution in [2.75, 3.05) is 5.73 Å². The van der Waals surface area contributed by atoms with Gasteiger partial charge in [0.1, 0.15) is 5.65 Å². The number of pyridine rings is 1. The van der Waals surface area contributed by atoms with Crippen LogP contribution < -0.4 is 11.3 Å². The average molecular weight is 211 g/mol. The maximum absolute atomic E-state index is 12.1. The Kier molecular flexibility index (Phi) is 1.71. The molecule has 0 atom stereocenters. The zero-order valence-corrected chi connectivity index (χ0v) is 8.42. The predicted octanol–water partition coefficient (Wildman–Crippen LogP) is 1.43. The van der Waals surface area contributed by atoms with Crippen molar-refractivity contribution in [3.63, 3.8) is 0 Å². The minimum Gasteiger partial charge on any atom is -0.399 e. The molecule has 0 unspecified atom stereocenters. The molecule has 2 aromatic heterocycles. The van der Waals surface area contributed by atoms with Crippen LogP contribution in [0.25, 0.3) is 16.6 Å². The van der Waals surface area contributed by atoms with E-state index in [1.54, 1.807) is 36.5 Å². The zero-order chi connectivity index (χ0) is 11.1. The zero-order valence-electron chi connectivity index (χ0n) is 8.42. The molecule has 0 amide bonds. The van der Waals surface area contributed by atoms with Gasteiger partial charge in [-0.2, -0.15) is 0 Å². The average Bonchev–Trinajstić information content (AvgIpc) is 2.31. The second-order valence-corrected chi connectivity index (χ2v) is 3.62. The van der Waals surface area contributed by atoms with Crippen molar-refractivity contribution >= 4 is 22.2 Å². The molecule has 2 heterocycles. The lowest BCUT2D eigenvalue weighted by Crippen LogP contribution is -2.14. The highest BCUT2D eigenvalue weighted by Gasteiger charge is 2.04. The van der Waals surface area contributed by atoms with Crippen LogP contribution in [-0.4, -0.2) is 9.38 Å². The second-order valence-electron chi connectivity index (χ2n) is 3.62. The van der Waals surface area contributed by atoms with Crippen LogP contribution in [0.1, 0.15) is 0 Å². The molecule has 0 radical (unpaired) electrons. The SMILES string of the molecule is Nc1ccc2nc3ccccn3c(=O)c2c1. The van der Waals surface area contributed by atoms with Gasteiger partial charge in [0.15, 0.2) is 0 Å². The van der Waals surface area contributed by atoms with Crippen molar-refractivity contribution < 1.29 is 0 Å². The molecule has 3 aromatic rings. The summed E-state index contributed by atoms with van der Waals surface area (Å²) in [5.41, 5.74) is 7.46. The van der Waals surface area contributed by atoms with Crippen LogP contribution in [0, 0.1) is 0 Å². The standard InChI is InChI=1S/C12H9N3O/c13-8-4-5-10-9(7-8)12(16)15-6-2-1-3-11(15)14-10/h1-7H,13H2. The molecule has 78 valence electrons. The molecular formula is C12H9N3O. The Morgan fingerprint density at radius 3 is 2.94 bits per heavy atom. The Hall–Kier alpha value is -2.36. The molecule has 0 aliphatic rings. The van der Waals surface area contributed by atoms with E-state index in [-0.39, 0.29) is 5.56 Å². The first-order valence-electron chi connectivity index (χ1n) is 4.92. The van der Waals surface area contributed by atoms with Gasteiger partial charge in [-0.25, -0.2) is 4.98 Å². The number of rotatable bonds is 0. The van der Waals surface area contributed by atoms with Crippen molar-refractivity contribution in [1.29, 1.82) is 0 Å². The quantitative estimate of drug-likeness (QED) is 0.452. The van der Waals surface area contributed by atoms with Crippen LogP contribution in [0.5, 0.6) is 0 Å². The van der Waals surface area contributed by atoms with Gasteiger partial charge in [-0.3, -0.25) is 9.20 Å². The summed E-state index contributed by atoms with van der Waals surface area (Å²) < 4.78 is 1.52. The van der Waals surface area contributed by atoms with Gasteiger partial charge in [-0.1, -0.05) is 6.07 Å². The van der Waals surface area contributed by atoms with Crippen LogP contribution in [0.2, 0.25) is 0 Å². The lowest BCUT2D eigenvalue weighted by Gasteiger charge is -2.02. The lowest BCUT2D eigenvalue weighted by molar-refractivity contribution is 1.08. The van der Waals surface area contributed by atoms with E-state index >= 15 is 0 Å². The van der Waals surface area contributed by atoms with Gasteiger partial charge >= 0.3 is 0 Å². The van der Waals surface area contributed by atoms with Crippen molar-refractivity contribution in [3.8, 4) is 0 Å². The van der Waals surface area contributed by atoms with Gasteiger partial charge in [0.25, 0.3) is 5.56 Å². The summed E-state index contributed by atoms with van der Waals surface area (Å²) in [7, 11) is 0. The smallest absolute Gasteiger partial charge is 0.265 e. The maximum Gasteiger partial charge on any atom is 0.265 e. The van der Waals surface area contributed by atoms with Crippen molar-refractivity contribution in [2.45, 2.75) is 0 Å². The van der Waals surface area contributed by atoms with Gasteiger partial charge in [-0.15, -0.1) is 0 Å². The highest BCUT2D eigenvalue weighted by Crippen LogP contribution is 2.12. The number of aromatic nitrogens is 2. The fourth-order valence-electron chi connectivity index (χ4n) is 1.77. The Balaban J connectivity index is 2.61. The summed E-state index contributed by atoms with van der Waals surface area (Å²) >= 11 is 0. The molecule has 3 rings (SSSR count). The molecule has 0 bridgehead atoms. The number of nitrogens with zero attached hydrogens (tertiary/aromatic N) is 2. The van der Waals surface area contributed by atoms with E-state index in [1.807, 2.05) is 6.07 Å². The summed E-state index contributed by atoms with van der Waals surface area (Å²) in [5, 5.41) is 0.545. The monoisotopic (exact) mass is 211 g/mol. The van der Waals surface area contributed by atoms with Gasteiger partial charge < -0.3 is 5.73 Å². The molecule has 0 fully saturated rings. The number of anilines is 1. The van der Waals surface area contributed by atoms with Crippen LogP contribution in [-0.2, 0) is 0 Å². The highest BCUT2D eigenvalue weighted by molar-refractivity contribution is 5.82. The molecule has 1 aromatic carbocycles. The van der Waals surface area contributed by atoms with Crippen LogP contribution >= 0.6 is 0 Å². The first kappa shape index (κ1) is 8.91. The fraction of sp³-hybridized carbons (Fsp3) is 0. The molecule has 0 aliphatic heterocycles. The van der Waals surface area contributed by atoms with Crippen molar-refractivity contribution in [3.05, 3.63) is 52.9 Å². The first-order valence-corrected chi connectivity index (χ1v) is 4.92. The fourth-order valence-corrected chi connectivity index (χ4v) is 1.77.